The molecule has 5 heteroatoms. The van der Waals surface area contributed by atoms with Gasteiger partial charge in [0.2, 0.25) is 0 Å². The molecule has 1 aliphatic carbocycles. The minimum Gasteiger partial charge on any atom is -0.497 e. The summed E-state index contributed by atoms with van der Waals surface area (Å²) in [5.41, 5.74) is 2.49. The van der Waals surface area contributed by atoms with Gasteiger partial charge in [-0.1, -0.05) is 24.3 Å². The molecule has 0 bridgehead atoms. The van der Waals surface area contributed by atoms with Crippen molar-refractivity contribution in [3.05, 3.63) is 75.6 Å². The molecule has 0 aliphatic heterocycles. The van der Waals surface area contributed by atoms with Crippen molar-refractivity contribution in [2.75, 3.05) is 7.11 Å². The van der Waals surface area contributed by atoms with E-state index in [0.29, 0.717) is 16.7 Å². The zero-order valence-corrected chi connectivity index (χ0v) is 14.5. The molecule has 0 fully saturated rings. The van der Waals surface area contributed by atoms with Crippen LogP contribution in [0.4, 0.5) is 0 Å². The summed E-state index contributed by atoms with van der Waals surface area (Å²) in [4.78, 5) is 25.0. The van der Waals surface area contributed by atoms with E-state index in [9.17, 15) is 9.59 Å². The molecule has 5 nitrogen and oxygen atoms in total. The van der Waals surface area contributed by atoms with Gasteiger partial charge in [0.1, 0.15) is 11.3 Å². The van der Waals surface area contributed by atoms with Gasteiger partial charge in [-0.05, 0) is 42.5 Å². The van der Waals surface area contributed by atoms with Crippen LogP contribution in [0.5, 0.6) is 5.75 Å². The van der Waals surface area contributed by atoms with E-state index in [1.54, 1.807) is 18.2 Å². The molecular formula is C21H19NO4. The number of fused-ring (bicyclic) bond motifs is 2. The predicted octanol–water partition coefficient (Wildman–Crippen LogP) is 3.61. The van der Waals surface area contributed by atoms with Crippen molar-refractivity contribution in [1.82, 2.24) is 5.32 Å². The van der Waals surface area contributed by atoms with Crippen LogP contribution in [0.2, 0.25) is 0 Å². The third-order valence-corrected chi connectivity index (χ3v) is 4.83. The number of carbonyl (C=O) groups is 1. The number of carbonyl (C=O) groups excluding carboxylic acids is 1. The van der Waals surface area contributed by atoms with Crippen LogP contribution in [0.3, 0.4) is 0 Å². The maximum atomic E-state index is 12.7. The first-order chi connectivity index (χ1) is 12.7. The van der Waals surface area contributed by atoms with Gasteiger partial charge in [0.25, 0.3) is 5.91 Å². The molecule has 26 heavy (non-hydrogen) atoms. The number of benzene rings is 2. The van der Waals surface area contributed by atoms with E-state index in [2.05, 4.69) is 11.4 Å². The summed E-state index contributed by atoms with van der Waals surface area (Å²) >= 11 is 0. The molecule has 1 unspecified atom stereocenters. The number of ether oxygens (including phenoxy) is 1. The first kappa shape index (κ1) is 16.4. The van der Waals surface area contributed by atoms with Gasteiger partial charge in [0, 0.05) is 12.1 Å². The van der Waals surface area contributed by atoms with Crippen molar-refractivity contribution in [3.63, 3.8) is 0 Å². The Balaban J connectivity index is 1.66. The van der Waals surface area contributed by atoms with Gasteiger partial charge in [0.15, 0.2) is 11.2 Å². The third kappa shape index (κ3) is 2.96. The summed E-state index contributed by atoms with van der Waals surface area (Å²) in [6, 6.07) is 14.2. The van der Waals surface area contributed by atoms with Gasteiger partial charge in [-0.15, -0.1) is 0 Å². The fourth-order valence-electron chi connectivity index (χ4n) is 3.51. The minimum absolute atomic E-state index is 0.0128. The lowest BCUT2D eigenvalue weighted by Gasteiger charge is -2.26. The summed E-state index contributed by atoms with van der Waals surface area (Å²) in [5.74, 6) is 0.201. The zero-order valence-electron chi connectivity index (χ0n) is 14.5. The van der Waals surface area contributed by atoms with Gasteiger partial charge in [-0.2, -0.15) is 0 Å². The summed E-state index contributed by atoms with van der Waals surface area (Å²) in [5, 5.41) is 3.43. The average Bonchev–Trinajstić information content (AvgIpc) is 2.67. The quantitative estimate of drug-likeness (QED) is 0.784. The maximum absolute atomic E-state index is 12.7. The second-order valence-electron chi connectivity index (χ2n) is 6.45. The number of hydrogen-bond acceptors (Lipinski definition) is 4. The van der Waals surface area contributed by atoms with Crippen LogP contribution in [0.25, 0.3) is 11.0 Å². The lowest BCUT2D eigenvalue weighted by Crippen LogP contribution is -2.31. The van der Waals surface area contributed by atoms with Crippen LogP contribution in [0.15, 0.2) is 57.7 Å². The normalized spacial score (nSPS) is 16.1. The number of nitrogens with one attached hydrogen (secondary N) is 1. The fraction of sp³-hybridized carbons (Fsp3) is 0.238. The minimum atomic E-state index is -0.381. The molecule has 0 spiro atoms. The molecular weight excluding hydrogens is 330 g/mol. The Hall–Kier alpha value is -3.08. The van der Waals surface area contributed by atoms with Crippen molar-refractivity contribution in [3.8, 4) is 5.75 Å². The van der Waals surface area contributed by atoms with Crippen molar-refractivity contribution in [1.29, 1.82) is 0 Å². The van der Waals surface area contributed by atoms with Gasteiger partial charge < -0.3 is 14.5 Å². The van der Waals surface area contributed by atoms with Crippen molar-refractivity contribution in [2.24, 2.45) is 0 Å². The van der Waals surface area contributed by atoms with E-state index in [-0.39, 0.29) is 23.1 Å². The Bertz CT molecular complexity index is 1040. The highest BCUT2D eigenvalue weighted by Crippen LogP contribution is 2.29. The molecule has 4 rings (SSSR count). The molecule has 1 atom stereocenters. The summed E-state index contributed by atoms with van der Waals surface area (Å²) < 4.78 is 10.8. The molecule has 0 saturated heterocycles. The molecule has 1 amide bonds. The van der Waals surface area contributed by atoms with E-state index in [4.69, 9.17) is 9.15 Å². The molecule has 1 aromatic heterocycles. The lowest BCUT2D eigenvalue weighted by molar-refractivity contribution is 0.0905. The monoisotopic (exact) mass is 349 g/mol. The van der Waals surface area contributed by atoms with E-state index >= 15 is 0 Å². The second kappa shape index (κ2) is 6.67. The topological polar surface area (TPSA) is 68.5 Å². The number of methoxy groups -OCH3 is 1. The largest absolute Gasteiger partial charge is 0.497 e. The first-order valence-corrected chi connectivity index (χ1v) is 8.66. The Kier molecular flexibility index (Phi) is 4.21. The van der Waals surface area contributed by atoms with Crippen molar-refractivity contribution >= 4 is 16.9 Å². The lowest BCUT2D eigenvalue weighted by atomic mass is 9.88. The highest BCUT2D eigenvalue weighted by atomic mass is 16.5. The molecule has 132 valence electrons. The molecule has 1 N–H and O–H groups in total. The highest BCUT2D eigenvalue weighted by Gasteiger charge is 2.23. The molecule has 0 saturated carbocycles. The molecule has 3 aromatic rings. The van der Waals surface area contributed by atoms with Gasteiger partial charge >= 0.3 is 0 Å². The number of amides is 1. The SMILES string of the molecule is COc1ccc2c(=O)cc(C(=O)NC3CCCc4ccccc43)oc2c1. The molecule has 1 heterocycles. The van der Waals surface area contributed by atoms with Crippen LogP contribution in [0.1, 0.15) is 40.6 Å². The van der Waals surface area contributed by atoms with Gasteiger partial charge in [0.05, 0.1) is 18.5 Å². The fourth-order valence-corrected chi connectivity index (χ4v) is 3.51. The Labute approximate surface area is 150 Å². The number of hydrogen-bond donors (Lipinski definition) is 1. The first-order valence-electron chi connectivity index (χ1n) is 8.66. The van der Waals surface area contributed by atoms with Crippen LogP contribution >= 0.6 is 0 Å². The average molecular weight is 349 g/mol. The Morgan fingerprint density at radius 1 is 1.19 bits per heavy atom. The van der Waals surface area contributed by atoms with E-state index < -0.39 is 0 Å². The Morgan fingerprint density at radius 3 is 2.88 bits per heavy atom. The highest BCUT2D eigenvalue weighted by molar-refractivity contribution is 5.93. The van der Waals surface area contributed by atoms with Crippen LogP contribution in [0, 0.1) is 0 Å². The van der Waals surface area contributed by atoms with E-state index in [1.165, 1.54) is 18.7 Å². The molecule has 2 aromatic carbocycles. The molecule has 1 aliphatic rings. The Morgan fingerprint density at radius 2 is 2.04 bits per heavy atom. The standard InChI is InChI=1S/C21H19NO4/c1-25-14-9-10-16-18(23)12-20(26-19(16)11-14)21(24)22-17-8-4-6-13-5-2-3-7-15(13)17/h2-3,5,7,9-12,17H,4,6,8H2,1H3,(H,22,24). The summed E-state index contributed by atoms with van der Waals surface area (Å²) in [6.45, 7) is 0. The van der Waals surface area contributed by atoms with Crippen molar-refractivity contribution in [2.45, 2.75) is 25.3 Å². The number of aryl methyl sites for hydroxylation is 1. The smallest absolute Gasteiger partial charge is 0.287 e. The second-order valence-corrected chi connectivity index (χ2v) is 6.45. The van der Waals surface area contributed by atoms with Crippen LogP contribution in [-0.4, -0.2) is 13.0 Å². The van der Waals surface area contributed by atoms with Crippen LogP contribution in [-0.2, 0) is 6.42 Å². The predicted molar refractivity (Wildman–Crippen MR) is 98.6 cm³/mol. The van der Waals surface area contributed by atoms with Crippen LogP contribution < -0.4 is 15.5 Å². The third-order valence-electron chi connectivity index (χ3n) is 4.83. The summed E-state index contributed by atoms with van der Waals surface area (Å²) in [7, 11) is 1.54. The van der Waals surface area contributed by atoms with E-state index in [1.807, 2.05) is 18.2 Å². The maximum Gasteiger partial charge on any atom is 0.287 e. The summed E-state index contributed by atoms with van der Waals surface area (Å²) in [6.07, 6.45) is 2.91. The van der Waals surface area contributed by atoms with Crippen molar-refractivity contribution < 1.29 is 13.9 Å². The number of rotatable bonds is 3. The zero-order chi connectivity index (χ0) is 18.1. The van der Waals surface area contributed by atoms with Gasteiger partial charge in [-0.3, -0.25) is 9.59 Å². The van der Waals surface area contributed by atoms with E-state index in [0.717, 1.165) is 24.8 Å². The van der Waals surface area contributed by atoms with Gasteiger partial charge in [-0.25, -0.2) is 0 Å². The molecule has 0 radical (unpaired) electrons.